The minimum absolute atomic E-state index is 0.0713. The zero-order valence-corrected chi connectivity index (χ0v) is 14.7. The van der Waals surface area contributed by atoms with Crippen molar-refractivity contribution in [3.8, 4) is 0 Å². The highest BCUT2D eigenvalue weighted by molar-refractivity contribution is 6.30. The average molecular weight is 372 g/mol. The molecule has 1 atom stereocenters. The molecule has 26 heavy (non-hydrogen) atoms. The topological polar surface area (TPSA) is 78.5 Å². The van der Waals surface area contributed by atoms with Crippen molar-refractivity contribution in [3.63, 3.8) is 0 Å². The van der Waals surface area contributed by atoms with Gasteiger partial charge < -0.3 is 4.90 Å². The summed E-state index contributed by atoms with van der Waals surface area (Å²) in [4.78, 5) is 38.2. The number of benzene rings is 2. The van der Waals surface area contributed by atoms with Crippen molar-refractivity contribution in [1.82, 2.24) is 15.8 Å². The molecule has 3 amide bonds. The highest BCUT2D eigenvalue weighted by Crippen LogP contribution is 2.21. The van der Waals surface area contributed by atoms with E-state index in [1.54, 1.807) is 29.2 Å². The first-order valence-electron chi connectivity index (χ1n) is 8.24. The van der Waals surface area contributed by atoms with Crippen molar-refractivity contribution in [2.45, 2.75) is 25.4 Å². The number of carbonyl (C=O) groups excluding carboxylic acids is 3. The van der Waals surface area contributed by atoms with Crippen LogP contribution in [0.3, 0.4) is 0 Å². The number of hydrogen-bond acceptors (Lipinski definition) is 3. The van der Waals surface area contributed by atoms with Gasteiger partial charge in [-0.15, -0.1) is 0 Å². The molecule has 1 saturated heterocycles. The summed E-state index contributed by atoms with van der Waals surface area (Å²) in [6.07, 6.45) is 0.740. The lowest BCUT2D eigenvalue weighted by Gasteiger charge is -2.24. The Morgan fingerprint density at radius 2 is 1.73 bits per heavy atom. The van der Waals surface area contributed by atoms with E-state index in [4.69, 9.17) is 11.6 Å². The third kappa shape index (κ3) is 4.21. The predicted molar refractivity (Wildman–Crippen MR) is 97.1 cm³/mol. The molecule has 0 radical (unpaired) electrons. The molecule has 2 aromatic carbocycles. The SMILES string of the molecule is O=C(NNC(=O)C1CCC(=O)N1Cc1ccccc1)c1ccc(Cl)cc1. The van der Waals surface area contributed by atoms with E-state index in [0.29, 0.717) is 30.0 Å². The lowest BCUT2D eigenvalue weighted by atomic mass is 10.1. The monoisotopic (exact) mass is 371 g/mol. The second kappa shape index (κ2) is 8.01. The van der Waals surface area contributed by atoms with Crippen molar-refractivity contribution < 1.29 is 14.4 Å². The molecule has 1 aliphatic rings. The number of amides is 3. The Morgan fingerprint density at radius 3 is 2.42 bits per heavy atom. The number of hydrogen-bond donors (Lipinski definition) is 2. The molecule has 1 unspecified atom stereocenters. The molecule has 1 heterocycles. The maximum absolute atomic E-state index is 12.4. The van der Waals surface area contributed by atoms with Crippen molar-refractivity contribution in [2.75, 3.05) is 0 Å². The molecule has 0 saturated carbocycles. The average Bonchev–Trinajstić information content (AvgIpc) is 3.01. The number of likely N-dealkylation sites (tertiary alicyclic amines) is 1. The zero-order valence-electron chi connectivity index (χ0n) is 13.9. The molecule has 3 rings (SSSR count). The molecule has 2 aromatic rings. The van der Waals surface area contributed by atoms with Crippen LogP contribution in [-0.4, -0.2) is 28.7 Å². The summed E-state index contributed by atoms with van der Waals surface area (Å²) in [6, 6.07) is 15.2. The van der Waals surface area contributed by atoms with E-state index in [0.717, 1.165) is 5.56 Å². The summed E-state index contributed by atoms with van der Waals surface area (Å²) in [7, 11) is 0. The second-order valence-electron chi connectivity index (χ2n) is 6.01. The highest BCUT2D eigenvalue weighted by atomic mass is 35.5. The molecule has 1 aliphatic heterocycles. The summed E-state index contributed by atoms with van der Waals surface area (Å²) in [5.41, 5.74) is 6.11. The molecular formula is C19H18ClN3O3. The van der Waals surface area contributed by atoms with E-state index in [1.807, 2.05) is 30.3 Å². The van der Waals surface area contributed by atoms with Crippen LogP contribution >= 0.6 is 11.6 Å². The van der Waals surface area contributed by atoms with Crippen LogP contribution in [0.1, 0.15) is 28.8 Å². The Bertz CT molecular complexity index is 809. The molecule has 2 N–H and O–H groups in total. The smallest absolute Gasteiger partial charge is 0.269 e. The van der Waals surface area contributed by atoms with E-state index in [-0.39, 0.29) is 5.91 Å². The van der Waals surface area contributed by atoms with Crippen LogP contribution in [0.2, 0.25) is 5.02 Å². The molecule has 6 nitrogen and oxygen atoms in total. The van der Waals surface area contributed by atoms with Crippen molar-refractivity contribution in [1.29, 1.82) is 0 Å². The van der Waals surface area contributed by atoms with E-state index in [9.17, 15) is 14.4 Å². The first-order chi connectivity index (χ1) is 12.5. The normalized spacial score (nSPS) is 16.4. The van der Waals surface area contributed by atoms with Crippen molar-refractivity contribution in [2.24, 2.45) is 0 Å². The lowest BCUT2D eigenvalue weighted by molar-refractivity contribution is -0.136. The van der Waals surface area contributed by atoms with E-state index < -0.39 is 17.9 Å². The number of rotatable bonds is 4. The number of nitrogens with one attached hydrogen (secondary N) is 2. The van der Waals surface area contributed by atoms with Crippen LogP contribution in [0.15, 0.2) is 54.6 Å². The van der Waals surface area contributed by atoms with E-state index >= 15 is 0 Å². The Hall–Kier alpha value is -2.86. The molecule has 1 fully saturated rings. The van der Waals surface area contributed by atoms with Crippen LogP contribution < -0.4 is 10.9 Å². The number of carbonyl (C=O) groups is 3. The molecule has 0 spiro atoms. The van der Waals surface area contributed by atoms with Crippen molar-refractivity contribution >= 4 is 29.3 Å². The van der Waals surface area contributed by atoms with Crippen LogP contribution in [0.5, 0.6) is 0 Å². The van der Waals surface area contributed by atoms with Gasteiger partial charge >= 0.3 is 0 Å². The largest absolute Gasteiger partial charge is 0.326 e. The minimum Gasteiger partial charge on any atom is -0.326 e. The second-order valence-corrected chi connectivity index (χ2v) is 6.45. The van der Waals surface area contributed by atoms with Gasteiger partial charge in [0.1, 0.15) is 6.04 Å². The minimum atomic E-state index is -0.603. The fraction of sp³-hybridized carbons (Fsp3) is 0.211. The van der Waals surface area contributed by atoms with Gasteiger partial charge in [-0.2, -0.15) is 0 Å². The lowest BCUT2D eigenvalue weighted by Crippen LogP contribution is -2.50. The number of halogens is 1. The predicted octanol–water partition coefficient (Wildman–Crippen LogP) is 2.29. The Balaban J connectivity index is 1.60. The first kappa shape index (κ1) is 17.9. The third-order valence-electron chi connectivity index (χ3n) is 4.23. The van der Waals surface area contributed by atoms with Gasteiger partial charge in [-0.1, -0.05) is 41.9 Å². The standard InChI is InChI=1S/C19H18ClN3O3/c20-15-8-6-14(7-9-15)18(25)21-22-19(26)16-10-11-17(24)23(16)12-13-4-2-1-3-5-13/h1-9,16H,10-12H2,(H,21,25)(H,22,26). The summed E-state index contributed by atoms with van der Waals surface area (Å²) < 4.78 is 0. The summed E-state index contributed by atoms with van der Waals surface area (Å²) in [6.45, 7) is 0.364. The summed E-state index contributed by atoms with van der Waals surface area (Å²) in [5.74, 6) is -0.930. The van der Waals surface area contributed by atoms with Crippen LogP contribution in [0.25, 0.3) is 0 Å². The molecular weight excluding hydrogens is 354 g/mol. The van der Waals surface area contributed by atoms with Gasteiger partial charge in [0.2, 0.25) is 5.91 Å². The van der Waals surface area contributed by atoms with Gasteiger partial charge in [-0.25, -0.2) is 0 Å². The van der Waals surface area contributed by atoms with Crippen LogP contribution in [0, 0.1) is 0 Å². The quantitative estimate of drug-likeness (QED) is 0.809. The maximum Gasteiger partial charge on any atom is 0.269 e. The highest BCUT2D eigenvalue weighted by Gasteiger charge is 2.36. The van der Waals surface area contributed by atoms with Gasteiger partial charge in [0.25, 0.3) is 11.8 Å². The molecule has 0 bridgehead atoms. The van der Waals surface area contributed by atoms with Gasteiger partial charge in [-0.3, -0.25) is 25.2 Å². The van der Waals surface area contributed by atoms with Gasteiger partial charge in [0.05, 0.1) is 0 Å². The first-order valence-corrected chi connectivity index (χ1v) is 8.61. The van der Waals surface area contributed by atoms with E-state index in [2.05, 4.69) is 10.9 Å². The van der Waals surface area contributed by atoms with Crippen molar-refractivity contribution in [3.05, 3.63) is 70.7 Å². The van der Waals surface area contributed by atoms with Crippen LogP contribution in [0.4, 0.5) is 0 Å². The third-order valence-corrected chi connectivity index (χ3v) is 4.48. The Morgan fingerprint density at radius 1 is 1.04 bits per heavy atom. The zero-order chi connectivity index (χ0) is 18.5. The summed E-state index contributed by atoms with van der Waals surface area (Å²) >= 11 is 5.79. The van der Waals surface area contributed by atoms with Gasteiger partial charge in [0.15, 0.2) is 0 Å². The van der Waals surface area contributed by atoms with E-state index in [1.165, 1.54) is 0 Å². The summed E-state index contributed by atoms with van der Waals surface area (Å²) in [5, 5.41) is 0.520. The van der Waals surface area contributed by atoms with Crippen LogP contribution in [-0.2, 0) is 16.1 Å². The Labute approximate surface area is 156 Å². The molecule has 134 valence electrons. The molecule has 7 heteroatoms. The Kier molecular flexibility index (Phi) is 5.53. The maximum atomic E-state index is 12.4. The molecule has 0 aromatic heterocycles. The fourth-order valence-corrected chi connectivity index (χ4v) is 2.99. The van der Waals surface area contributed by atoms with Gasteiger partial charge in [0, 0.05) is 23.6 Å². The fourth-order valence-electron chi connectivity index (χ4n) is 2.86. The number of hydrazine groups is 1. The number of nitrogens with zero attached hydrogens (tertiary/aromatic N) is 1. The van der Waals surface area contributed by atoms with Gasteiger partial charge in [-0.05, 0) is 36.2 Å². The molecule has 0 aliphatic carbocycles.